The first-order valence-electron chi connectivity index (χ1n) is 7.67. The fourth-order valence-electron chi connectivity index (χ4n) is 3.04. The Morgan fingerprint density at radius 3 is 2.48 bits per heavy atom. The number of para-hydroxylation sites is 1. The molecule has 0 aliphatic rings. The Hall–Kier alpha value is -2.59. The number of aromatic nitrogens is 1. The van der Waals surface area contributed by atoms with Gasteiger partial charge in [-0.05, 0) is 24.1 Å². The van der Waals surface area contributed by atoms with Crippen LogP contribution in [-0.2, 0) is 17.8 Å². The van der Waals surface area contributed by atoms with E-state index in [2.05, 4.69) is 22.8 Å². The highest BCUT2D eigenvalue weighted by atomic mass is 16.4. The number of hydrogen-bond acceptors (Lipinski definition) is 2. The minimum atomic E-state index is -0.968. The Balaban J connectivity index is 2.08. The van der Waals surface area contributed by atoms with Crippen molar-refractivity contribution in [2.45, 2.75) is 25.9 Å². The summed E-state index contributed by atoms with van der Waals surface area (Å²) < 4.78 is 2.23. The molecule has 0 bridgehead atoms. The Morgan fingerprint density at radius 2 is 1.78 bits per heavy atom. The standard InChI is InChI=1S/C19H20N2O2/c1-13-16(11-17(20)19(22)23)15-9-5-6-10-18(15)21(13)12-14-7-3-2-4-8-14/h2-10,17H,11-12,20H2,1H3,(H,22,23). The van der Waals surface area contributed by atoms with Crippen LogP contribution < -0.4 is 5.73 Å². The largest absolute Gasteiger partial charge is 0.480 e. The summed E-state index contributed by atoms with van der Waals surface area (Å²) in [5.74, 6) is -0.968. The molecule has 3 aromatic rings. The molecule has 3 N–H and O–H groups in total. The highest BCUT2D eigenvalue weighted by molar-refractivity contribution is 5.86. The monoisotopic (exact) mass is 308 g/mol. The normalized spacial score (nSPS) is 12.4. The van der Waals surface area contributed by atoms with E-state index in [1.807, 2.05) is 43.3 Å². The molecule has 118 valence electrons. The minimum absolute atomic E-state index is 0.337. The van der Waals surface area contributed by atoms with Crippen LogP contribution in [0.1, 0.15) is 16.8 Å². The van der Waals surface area contributed by atoms with Gasteiger partial charge in [0.15, 0.2) is 0 Å². The van der Waals surface area contributed by atoms with Crippen molar-refractivity contribution in [3.05, 3.63) is 71.4 Å². The van der Waals surface area contributed by atoms with E-state index >= 15 is 0 Å². The van der Waals surface area contributed by atoms with Gasteiger partial charge in [-0.1, -0.05) is 48.5 Å². The summed E-state index contributed by atoms with van der Waals surface area (Å²) in [4.78, 5) is 11.1. The van der Waals surface area contributed by atoms with Crippen LogP contribution in [0.5, 0.6) is 0 Å². The van der Waals surface area contributed by atoms with Crippen LogP contribution in [0.2, 0.25) is 0 Å². The van der Waals surface area contributed by atoms with Crippen molar-refractivity contribution in [2.24, 2.45) is 5.73 Å². The van der Waals surface area contributed by atoms with Gasteiger partial charge < -0.3 is 15.4 Å². The van der Waals surface area contributed by atoms with Crippen LogP contribution >= 0.6 is 0 Å². The lowest BCUT2D eigenvalue weighted by atomic mass is 10.0. The van der Waals surface area contributed by atoms with Crippen LogP contribution in [0.15, 0.2) is 54.6 Å². The molecule has 23 heavy (non-hydrogen) atoms. The van der Waals surface area contributed by atoms with E-state index in [4.69, 9.17) is 10.8 Å². The topological polar surface area (TPSA) is 68.2 Å². The number of carboxylic acids is 1. The van der Waals surface area contributed by atoms with Crippen molar-refractivity contribution in [3.8, 4) is 0 Å². The van der Waals surface area contributed by atoms with Crippen LogP contribution in [-0.4, -0.2) is 21.7 Å². The molecule has 1 aromatic heterocycles. The second-order valence-corrected chi connectivity index (χ2v) is 5.80. The Morgan fingerprint density at radius 1 is 1.13 bits per heavy atom. The second kappa shape index (κ2) is 6.26. The van der Waals surface area contributed by atoms with E-state index in [0.29, 0.717) is 6.42 Å². The third-order valence-electron chi connectivity index (χ3n) is 4.29. The van der Waals surface area contributed by atoms with Gasteiger partial charge in [0, 0.05) is 29.6 Å². The molecule has 0 aliphatic carbocycles. The minimum Gasteiger partial charge on any atom is -0.480 e. The van der Waals surface area contributed by atoms with Crippen molar-refractivity contribution < 1.29 is 9.90 Å². The van der Waals surface area contributed by atoms with Crippen LogP contribution in [0.25, 0.3) is 10.9 Å². The van der Waals surface area contributed by atoms with E-state index in [-0.39, 0.29) is 0 Å². The summed E-state index contributed by atoms with van der Waals surface area (Å²) in [6.07, 6.45) is 0.337. The van der Waals surface area contributed by atoms with E-state index in [9.17, 15) is 4.79 Å². The summed E-state index contributed by atoms with van der Waals surface area (Å²) in [5.41, 5.74) is 10.2. The molecule has 0 saturated heterocycles. The van der Waals surface area contributed by atoms with E-state index in [1.54, 1.807) is 0 Å². The van der Waals surface area contributed by atoms with Gasteiger partial charge in [0.2, 0.25) is 0 Å². The highest BCUT2D eigenvalue weighted by Crippen LogP contribution is 2.27. The number of aliphatic carboxylic acids is 1. The van der Waals surface area contributed by atoms with Crippen LogP contribution in [0.4, 0.5) is 0 Å². The molecule has 1 unspecified atom stereocenters. The third-order valence-corrected chi connectivity index (χ3v) is 4.29. The number of hydrogen-bond donors (Lipinski definition) is 2. The maximum Gasteiger partial charge on any atom is 0.320 e. The quantitative estimate of drug-likeness (QED) is 0.761. The zero-order valence-corrected chi connectivity index (χ0v) is 13.1. The smallest absolute Gasteiger partial charge is 0.320 e. The summed E-state index contributed by atoms with van der Waals surface area (Å²) >= 11 is 0. The molecule has 1 atom stereocenters. The van der Waals surface area contributed by atoms with Crippen molar-refractivity contribution >= 4 is 16.9 Å². The summed E-state index contributed by atoms with van der Waals surface area (Å²) in [5, 5.41) is 10.2. The van der Waals surface area contributed by atoms with Gasteiger partial charge >= 0.3 is 5.97 Å². The number of fused-ring (bicyclic) bond motifs is 1. The van der Waals surface area contributed by atoms with Crippen molar-refractivity contribution in [1.82, 2.24) is 4.57 Å². The Kier molecular flexibility index (Phi) is 4.17. The van der Waals surface area contributed by atoms with Gasteiger partial charge in [0.1, 0.15) is 6.04 Å². The fraction of sp³-hybridized carbons (Fsp3) is 0.211. The SMILES string of the molecule is Cc1c(CC(N)C(=O)O)c2ccccc2n1Cc1ccccc1. The lowest BCUT2D eigenvalue weighted by molar-refractivity contribution is -0.138. The highest BCUT2D eigenvalue weighted by Gasteiger charge is 2.19. The zero-order valence-electron chi connectivity index (χ0n) is 13.1. The van der Waals surface area contributed by atoms with E-state index in [1.165, 1.54) is 5.56 Å². The van der Waals surface area contributed by atoms with E-state index < -0.39 is 12.0 Å². The number of carboxylic acid groups (broad SMARTS) is 1. The van der Waals surface area contributed by atoms with Gasteiger partial charge in [-0.2, -0.15) is 0 Å². The molecule has 4 heteroatoms. The molecule has 0 fully saturated rings. The zero-order chi connectivity index (χ0) is 16.4. The molecule has 0 spiro atoms. The lowest BCUT2D eigenvalue weighted by Crippen LogP contribution is -2.32. The maximum absolute atomic E-state index is 11.1. The second-order valence-electron chi connectivity index (χ2n) is 5.80. The first kappa shape index (κ1) is 15.3. The van der Waals surface area contributed by atoms with Gasteiger partial charge in [0.25, 0.3) is 0 Å². The molecule has 2 aromatic carbocycles. The molecule has 4 nitrogen and oxygen atoms in total. The summed E-state index contributed by atoms with van der Waals surface area (Å²) in [6.45, 7) is 2.79. The first-order valence-corrected chi connectivity index (χ1v) is 7.67. The predicted molar refractivity (Wildman–Crippen MR) is 91.5 cm³/mol. The summed E-state index contributed by atoms with van der Waals surface area (Å²) in [6, 6.07) is 17.4. The van der Waals surface area contributed by atoms with Gasteiger partial charge in [-0.15, -0.1) is 0 Å². The molecule has 0 saturated carbocycles. The van der Waals surface area contributed by atoms with Gasteiger partial charge in [0.05, 0.1) is 0 Å². The van der Waals surface area contributed by atoms with Crippen molar-refractivity contribution in [2.75, 3.05) is 0 Å². The molecule has 0 radical (unpaired) electrons. The van der Waals surface area contributed by atoms with Crippen molar-refractivity contribution in [3.63, 3.8) is 0 Å². The first-order chi connectivity index (χ1) is 11.1. The Labute approximate surface area is 135 Å². The number of nitrogens with two attached hydrogens (primary N) is 1. The fourth-order valence-corrected chi connectivity index (χ4v) is 3.04. The average Bonchev–Trinajstić information content (AvgIpc) is 2.82. The van der Waals surface area contributed by atoms with Gasteiger partial charge in [-0.3, -0.25) is 4.79 Å². The lowest BCUT2D eigenvalue weighted by Gasteiger charge is -2.10. The maximum atomic E-state index is 11.1. The predicted octanol–water partition coefficient (Wildman–Crippen LogP) is 2.95. The third kappa shape index (κ3) is 2.98. The molecule has 1 heterocycles. The molecule has 3 rings (SSSR count). The van der Waals surface area contributed by atoms with Gasteiger partial charge in [-0.25, -0.2) is 0 Å². The molecule has 0 amide bonds. The van der Waals surface area contributed by atoms with Crippen LogP contribution in [0.3, 0.4) is 0 Å². The molecule has 0 aliphatic heterocycles. The van der Waals surface area contributed by atoms with E-state index in [0.717, 1.165) is 28.7 Å². The number of carbonyl (C=O) groups is 1. The molecular weight excluding hydrogens is 288 g/mol. The van der Waals surface area contributed by atoms with Crippen molar-refractivity contribution in [1.29, 1.82) is 0 Å². The Bertz CT molecular complexity index is 837. The average molecular weight is 308 g/mol. The van der Waals surface area contributed by atoms with Crippen LogP contribution in [0, 0.1) is 6.92 Å². The number of nitrogens with zero attached hydrogens (tertiary/aromatic N) is 1. The number of rotatable bonds is 5. The molecular formula is C19H20N2O2. The summed E-state index contributed by atoms with van der Waals surface area (Å²) in [7, 11) is 0. The number of benzene rings is 2.